The maximum absolute atomic E-state index is 13.6. The van der Waals surface area contributed by atoms with Gasteiger partial charge in [-0.15, -0.1) is 0 Å². The number of hydrogen-bond donors (Lipinski definition) is 3. The van der Waals surface area contributed by atoms with Crippen LogP contribution in [-0.4, -0.2) is 138 Å². The van der Waals surface area contributed by atoms with E-state index in [-0.39, 0.29) is 36.4 Å². The Kier molecular flexibility index (Phi) is 10.0. The summed E-state index contributed by atoms with van der Waals surface area (Å²) in [6.45, 7) is -7.38. The molecule has 1 unspecified atom stereocenters. The van der Waals surface area contributed by atoms with Gasteiger partial charge in [-0.3, -0.25) is 39.1 Å². The molecule has 17 nitrogen and oxygen atoms in total. The average molecular weight is 902 g/mol. The number of methoxy groups -OCH3 is 1. The van der Waals surface area contributed by atoms with Gasteiger partial charge < -0.3 is 34.6 Å². The number of hydrogen-bond acceptors (Lipinski definition) is 13. The van der Waals surface area contributed by atoms with Crippen LogP contribution in [0.15, 0.2) is 85.7 Å². The molecule has 5 amide bonds. The van der Waals surface area contributed by atoms with Crippen molar-refractivity contribution in [3.63, 3.8) is 0 Å². The molecule has 4 aliphatic heterocycles. The number of rotatable bonds is 14. The van der Waals surface area contributed by atoms with E-state index < -0.39 is 67.3 Å². The summed E-state index contributed by atoms with van der Waals surface area (Å²) < 4.78 is 80.8. The SMILES string of the molecule is [2H]C1([2H])N(CC2CCN(CCN(C)c3cc(OC)c(Nc4nccc(-c5cn(C)c6ccccc56)n4)cc3NC(=O)C=C)CC2)C([2H])([2H])C([2H])([2H])N(c2ccc3c(c2)C(=O)N(C2CCC(=O)NC2=O)C3=O)C1([2H])[2H]. The topological polar surface area (TPSA) is 178 Å². The second-order valence-electron chi connectivity index (χ2n) is 16.6. The highest BCUT2D eigenvalue weighted by molar-refractivity contribution is 6.23. The normalized spacial score (nSPS) is 23.2. The van der Waals surface area contributed by atoms with E-state index >= 15 is 0 Å². The lowest BCUT2D eigenvalue weighted by atomic mass is 9.96. The van der Waals surface area contributed by atoms with Crippen molar-refractivity contribution in [2.75, 3.05) is 93.3 Å². The lowest BCUT2D eigenvalue weighted by molar-refractivity contribution is -0.136. The molecule has 17 heteroatoms. The van der Waals surface area contributed by atoms with Crippen LogP contribution in [0.5, 0.6) is 5.75 Å². The Bertz CT molecular complexity index is 3080. The summed E-state index contributed by atoms with van der Waals surface area (Å²) >= 11 is 0. The van der Waals surface area contributed by atoms with Crippen LogP contribution in [0.2, 0.25) is 0 Å². The molecule has 3 N–H and O–H groups in total. The Labute approximate surface area is 394 Å². The van der Waals surface area contributed by atoms with Gasteiger partial charge in [0.15, 0.2) is 0 Å². The second kappa shape index (κ2) is 18.8. The average Bonchev–Trinajstić information content (AvgIpc) is 3.83. The largest absolute Gasteiger partial charge is 0.494 e. The molecular formula is C49H55N11O6. The lowest BCUT2D eigenvalue weighted by Gasteiger charge is -2.40. The Morgan fingerprint density at radius 1 is 0.955 bits per heavy atom. The van der Waals surface area contributed by atoms with Gasteiger partial charge in [0.05, 0.1) is 46.5 Å². The number of amides is 5. The molecule has 1 atom stereocenters. The number of carbonyl (C=O) groups excluding carboxylic acids is 5. The molecule has 2 aromatic heterocycles. The number of benzene rings is 3. The molecule has 6 heterocycles. The zero-order valence-electron chi connectivity index (χ0n) is 44.8. The zero-order valence-corrected chi connectivity index (χ0v) is 36.8. The van der Waals surface area contributed by atoms with E-state index in [1.165, 1.54) is 13.2 Å². The number of imide groups is 2. The molecule has 0 radical (unpaired) electrons. The molecule has 3 aromatic carbocycles. The molecule has 3 fully saturated rings. The summed E-state index contributed by atoms with van der Waals surface area (Å²) in [6, 6.07) is 15.4. The minimum absolute atomic E-state index is 0.112. The number of likely N-dealkylation sites (N-methyl/N-ethyl adjacent to an activating group) is 1. The van der Waals surface area contributed by atoms with Crippen LogP contribution in [0.1, 0.15) is 57.4 Å². The van der Waals surface area contributed by atoms with Crippen LogP contribution in [0.4, 0.5) is 28.7 Å². The predicted octanol–water partition coefficient (Wildman–Crippen LogP) is 4.88. The number of anilines is 5. The summed E-state index contributed by atoms with van der Waals surface area (Å²) in [7, 11) is 5.38. The lowest BCUT2D eigenvalue weighted by Crippen LogP contribution is -2.54. The van der Waals surface area contributed by atoms with E-state index in [0.717, 1.165) is 34.7 Å². The van der Waals surface area contributed by atoms with Crippen molar-refractivity contribution >= 4 is 69.1 Å². The maximum Gasteiger partial charge on any atom is 0.262 e. The van der Waals surface area contributed by atoms with Gasteiger partial charge in [0.25, 0.3) is 11.8 Å². The maximum atomic E-state index is 13.6. The Morgan fingerprint density at radius 2 is 1.73 bits per heavy atom. The Balaban J connectivity index is 0.862. The number of likely N-dealkylation sites (tertiary alicyclic amines) is 1. The quantitative estimate of drug-likeness (QED) is 0.102. The van der Waals surface area contributed by atoms with Crippen molar-refractivity contribution in [1.82, 2.24) is 34.6 Å². The summed E-state index contributed by atoms with van der Waals surface area (Å²) in [6.07, 6.45) is 5.55. The van der Waals surface area contributed by atoms with Crippen LogP contribution in [0, 0.1) is 5.92 Å². The Morgan fingerprint density at radius 3 is 2.48 bits per heavy atom. The number of ether oxygens (including phenoxy) is 1. The van der Waals surface area contributed by atoms with Crippen LogP contribution in [0.25, 0.3) is 22.2 Å². The van der Waals surface area contributed by atoms with E-state index in [2.05, 4.69) is 32.4 Å². The van der Waals surface area contributed by atoms with Gasteiger partial charge in [-0.25, -0.2) is 9.97 Å². The second-order valence-corrected chi connectivity index (χ2v) is 16.6. The zero-order chi connectivity index (χ0) is 53.2. The highest BCUT2D eigenvalue weighted by Crippen LogP contribution is 2.39. The van der Waals surface area contributed by atoms with Gasteiger partial charge in [-0.2, -0.15) is 0 Å². The smallest absolute Gasteiger partial charge is 0.262 e. The molecule has 66 heavy (non-hydrogen) atoms. The fraction of sp³-hybridized carbons (Fsp3) is 0.367. The van der Waals surface area contributed by atoms with Gasteiger partial charge in [0, 0.05) is 112 Å². The number of aromatic nitrogens is 3. The number of aryl methyl sites for hydroxylation is 1. The van der Waals surface area contributed by atoms with Crippen molar-refractivity contribution in [2.45, 2.75) is 31.7 Å². The first-order valence-corrected chi connectivity index (χ1v) is 21.7. The van der Waals surface area contributed by atoms with E-state index in [1.807, 2.05) is 60.1 Å². The molecular weight excluding hydrogens is 839 g/mol. The molecule has 0 spiro atoms. The third-order valence-corrected chi connectivity index (χ3v) is 12.4. The number of para-hydroxylation sites is 1. The summed E-state index contributed by atoms with van der Waals surface area (Å²) in [5, 5.41) is 9.32. The number of piperazine rings is 1. The molecule has 342 valence electrons. The van der Waals surface area contributed by atoms with Crippen molar-refractivity contribution in [3.05, 3.63) is 96.8 Å². The van der Waals surface area contributed by atoms with Crippen molar-refractivity contribution in [2.24, 2.45) is 13.0 Å². The predicted molar refractivity (Wildman–Crippen MR) is 253 cm³/mol. The first-order chi connectivity index (χ1) is 35.0. The van der Waals surface area contributed by atoms with Gasteiger partial charge in [-0.1, -0.05) is 24.8 Å². The van der Waals surface area contributed by atoms with Gasteiger partial charge in [0.2, 0.25) is 23.7 Å². The third kappa shape index (κ3) is 8.95. The van der Waals surface area contributed by atoms with E-state index in [1.54, 1.807) is 18.3 Å². The van der Waals surface area contributed by atoms with E-state index in [0.29, 0.717) is 88.2 Å². The molecule has 0 bridgehead atoms. The highest BCUT2D eigenvalue weighted by Gasteiger charge is 2.45. The number of carbonyl (C=O) groups is 5. The van der Waals surface area contributed by atoms with E-state index in [4.69, 9.17) is 20.7 Å². The summed E-state index contributed by atoms with van der Waals surface area (Å²) in [4.78, 5) is 79.2. The van der Waals surface area contributed by atoms with Crippen LogP contribution >= 0.6 is 0 Å². The fourth-order valence-corrected chi connectivity index (χ4v) is 8.83. The standard InChI is InChI=1S/C49H55N11O6/c1-5-44(61)51-38-27-39(53-49-50-17-14-37(52-49)36-30-56(3)40-9-7-6-8-33(36)40)43(66-4)28-42(38)55(2)20-21-57-18-15-31(16-19-57)29-58-22-24-59(25-23-58)32-10-11-34-35(26-32)48(65)60(47(34)64)41-12-13-45(62)54-46(41)63/h5-11,14,17,26-28,30-31,41H,1,12-13,15-16,18-25,29H2,2-4H3,(H,51,61)(H,50,52,53)(H,54,62,63)/i22D2,23D2,24D2,25D2. The monoisotopic (exact) mass is 901 g/mol. The summed E-state index contributed by atoms with van der Waals surface area (Å²) in [5.74, 6) is -3.21. The van der Waals surface area contributed by atoms with E-state index in [9.17, 15) is 24.0 Å². The Hall–Kier alpha value is -7.11. The number of fused-ring (bicyclic) bond motifs is 2. The van der Waals surface area contributed by atoms with Gasteiger partial charge >= 0.3 is 0 Å². The number of piperidine rings is 2. The third-order valence-electron chi connectivity index (χ3n) is 12.4. The minimum atomic E-state index is -3.24. The van der Waals surface area contributed by atoms with Crippen molar-refractivity contribution < 1.29 is 39.7 Å². The fourth-order valence-electron chi connectivity index (χ4n) is 8.83. The van der Waals surface area contributed by atoms with Gasteiger partial charge in [-0.05, 0) is 80.7 Å². The molecule has 9 rings (SSSR count). The van der Waals surface area contributed by atoms with Crippen LogP contribution < -0.4 is 30.5 Å². The van der Waals surface area contributed by atoms with Crippen LogP contribution in [-0.2, 0) is 21.4 Å². The molecule has 5 aromatic rings. The van der Waals surface area contributed by atoms with Crippen LogP contribution in [0.3, 0.4) is 0 Å². The highest BCUT2D eigenvalue weighted by atomic mass is 16.5. The molecule has 0 aliphatic carbocycles. The molecule has 3 saturated heterocycles. The first-order valence-electron chi connectivity index (χ1n) is 25.7. The van der Waals surface area contributed by atoms with Gasteiger partial charge in [0.1, 0.15) is 11.8 Å². The number of nitrogens with one attached hydrogen (secondary N) is 3. The van der Waals surface area contributed by atoms with Crippen molar-refractivity contribution in [3.8, 4) is 17.0 Å². The van der Waals surface area contributed by atoms with Crippen molar-refractivity contribution in [1.29, 1.82) is 0 Å². The number of nitrogens with zero attached hydrogens (tertiary/aromatic N) is 8. The first kappa shape index (κ1) is 35.2. The summed E-state index contributed by atoms with van der Waals surface area (Å²) in [5.41, 5.74) is 3.44. The molecule has 4 aliphatic rings. The minimum Gasteiger partial charge on any atom is -0.494 e. The molecule has 0 saturated carbocycles.